The molecule has 0 atom stereocenters. The second-order valence-electron chi connectivity index (χ2n) is 8.00. The Bertz CT molecular complexity index is 1140. The number of ether oxygens (including phenoxy) is 1. The number of benzene rings is 2. The molecular formula is C22H26N4O6S. The van der Waals surface area contributed by atoms with E-state index in [0.717, 1.165) is 19.3 Å². The maximum atomic E-state index is 13.2. The second-order valence-corrected chi connectivity index (χ2v) is 9.94. The number of hydrogen-bond acceptors (Lipinski definition) is 7. The lowest BCUT2D eigenvalue weighted by molar-refractivity contribution is -0.384. The van der Waals surface area contributed by atoms with Crippen molar-refractivity contribution in [1.29, 1.82) is 0 Å². The number of nitro groups is 1. The van der Waals surface area contributed by atoms with E-state index < -0.39 is 20.9 Å². The van der Waals surface area contributed by atoms with E-state index in [2.05, 4.69) is 5.32 Å². The van der Waals surface area contributed by atoms with Crippen molar-refractivity contribution >= 4 is 33.0 Å². The molecule has 11 heteroatoms. The summed E-state index contributed by atoms with van der Waals surface area (Å²) in [5, 5.41) is 14.0. The first-order valence-electron chi connectivity index (χ1n) is 10.9. The molecule has 2 saturated heterocycles. The van der Waals surface area contributed by atoms with Crippen molar-refractivity contribution in [3.8, 4) is 0 Å². The molecule has 1 amide bonds. The number of piperidine rings is 1. The van der Waals surface area contributed by atoms with Gasteiger partial charge in [-0.15, -0.1) is 0 Å². The summed E-state index contributed by atoms with van der Waals surface area (Å²) in [4.78, 5) is 26.0. The van der Waals surface area contributed by atoms with E-state index in [1.807, 2.05) is 4.90 Å². The number of carbonyl (C=O) groups excluding carboxylic acids is 1. The van der Waals surface area contributed by atoms with Gasteiger partial charge in [0.1, 0.15) is 0 Å². The third kappa shape index (κ3) is 5.15. The van der Waals surface area contributed by atoms with Crippen molar-refractivity contribution in [3.63, 3.8) is 0 Å². The molecule has 0 unspecified atom stereocenters. The van der Waals surface area contributed by atoms with Crippen LogP contribution in [0.5, 0.6) is 0 Å². The lowest BCUT2D eigenvalue weighted by Crippen LogP contribution is -2.37. The van der Waals surface area contributed by atoms with Crippen LogP contribution in [0, 0.1) is 10.1 Å². The fourth-order valence-corrected chi connectivity index (χ4v) is 5.65. The highest BCUT2D eigenvalue weighted by atomic mass is 32.2. The minimum Gasteiger partial charge on any atom is -0.378 e. The number of nitrogens with zero attached hydrogens (tertiary/aromatic N) is 3. The summed E-state index contributed by atoms with van der Waals surface area (Å²) in [6, 6.07) is 10.3. The molecule has 0 saturated carbocycles. The molecule has 176 valence electrons. The predicted octanol–water partition coefficient (Wildman–Crippen LogP) is 2.86. The van der Waals surface area contributed by atoms with Gasteiger partial charge >= 0.3 is 0 Å². The summed E-state index contributed by atoms with van der Waals surface area (Å²) in [5.74, 6) is -0.548. The molecule has 0 spiro atoms. The molecule has 2 aromatic carbocycles. The minimum atomic E-state index is -3.66. The van der Waals surface area contributed by atoms with Crippen molar-refractivity contribution < 1.29 is 22.9 Å². The summed E-state index contributed by atoms with van der Waals surface area (Å²) in [5.41, 5.74) is 0.824. The van der Waals surface area contributed by atoms with Crippen LogP contribution in [-0.4, -0.2) is 62.9 Å². The standard InChI is InChI=1S/C22H26N4O6S/c27-22(20-16-18(26(28)29)7-8-21(20)24-11-13-32-14-12-24)23-17-5-4-6-19(15-17)33(30,31)25-9-2-1-3-10-25/h4-8,15-16H,1-3,9-14H2,(H,23,27). The van der Waals surface area contributed by atoms with Gasteiger partial charge in [-0.1, -0.05) is 12.5 Å². The molecule has 0 bridgehead atoms. The molecule has 4 rings (SSSR count). The number of rotatable bonds is 6. The van der Waals surface area contributed by atoms with Crippen LogP contribution < -0.4 is 10.2 Å². The number of nitrogens with one attached hydrogen (secondary N) is 1. The summed E-state index contributed by atoms with van der Waals surface area (Å²) in [6.45, 7) is 3.07. The molecular weight excluding hydrogens is 448 g/mol. The first-order valence-corrected chi connectivity index (χ1v) is 12.3. The van der Waals surface area contributed by atoms with Gasteiger partial charge in [-0.2, -0.15) is 4.31 Å². The van der Waals surface area contributed by atoms with Crippen LogP contribution in [0.3, 0.4) is 0 Å². The zero-order valence-electron chi connectivity index (χ0n) is 18.1. The van der Waals surface area contributed by atoms with Gasteiger partial charge in [-0.05, 0) is 37.1 Å². The molecule has 2 aliphatic heterocycles. The normalized spacial score (nSPS) is 17.5. The molecule has 0 aromatic heterocycles. The highest BCUT2D eigenvalue weighted by Crippen LogP contribution is 2.28. The molecule has 2 aliphatic rings. The Kier molecular flexibility index (Phi) is 6.91. The van der Waals surface area contributed by atoms with Crippen LogP contribution >= 0.6 is 0 Å². The first-order chi connectivity index (χ1) is 15.9. The lowest BCUT2D eigenvalue weighted by Gasteiger charge is -2.30. The highest BCUT2D eigenvalue weighted by molar-refractivity contribution is 7.89. The Hall–Kier alpha value is -3.02. The topological polar surface area (TPSA) is 122 Å². The van der Waals surface area contributed by atoms with E-state index in [1.54, 1.807) is 18.2 Å². The van der Waals surface area contributed by atoms with Crippen LogP contribution in [0.1, 0.15) is 29.6 Å². The quantitative estimate of drug-likeness (QED) is 0.505. The molecule has 2 aromatic rings. The smallest absolute Gasteiger partial charge is 0.270 e. The number of hydrogen-bond donors (Lipinski definition) is 1. The molecule has 1 N–H and O–H groups in total. The minimum absolute atomic E-state index is 0.106. The third-order valence-electron chi connectivity index (χ3n) is 5.83. The van der Waals surface area contributed by atoms with Gasteiger partial charge in [0.05, 0.1) is 34.3 Å². The van der Waals surface area contributed by atoms with E-state index in [9.17, 15) is 23.3 Å². The average Bonchev–Trinajstić information content (AvgIpc) is 2.85. The van der Waals surface area contributed by atoms with Gasteiger partial charge in [0.15, 0.2) is 0 Å². The number of carbonyl (C=O) groups is 1. The van der Waals surface area contributed by atoms with E-state index in [1.165, 1.54) is 28.6 Å². The van der Waals surface area contributed by atoms with Gasteiger partial charge in [-0.3, -0.25) is 14.9 Å². The van der Waals surface area contributed by atoms with Gasteiger partial charge in [-0.25, -0.2) is 8.42 Å². The summed E-state index contributed by atoms with van der Waals surface area (Å²) >= 11 is 0. The van der Waals surface area contributed by atoms with E-state index in [-0.39, 0.29) is 16.1 Å². The first kappa shape index (κ1) is 23.1. The van der Waals surface area contributed by atoms with Gasteiger partial charge < -0.3 is 15.0 Å². The second kappa shape index (κ2) is 9.86. The van der Waals surface area contributed by atoms with Crippen LogP contribution in [0.2, 0.25) is 0 Å². The van der Waals surface area contributed by atoms with Gasteiger partial charge in [0.25, 0.3) is 11.6 Å². The number of sulfonamides is 1. The molecule has 2 heterocycles. The highest BCUT2D eigenvalue weighted by Gasteiger charge is 2.27. The molecule has 0 aliphatic carbocycles. The molecule has 10 nitrogen and oxygen atoms in total. The van der Waals surface area contributed by atoms with E-state index in [4.69, 9.17) is 4.74 Å². The van der Waals surface area contributed by atoms with Crippen molar-refractivity contribution in [3.05, 3.63) is 58.1 Å². The number of non-ortho nitro benzene ring substituents is 1. The number of nitro benzene ring substituents is 1. The number of amides is 1. The summed E-state index contributed by atoms with van der Waals surface area (Å²) in [7, 11) is -3.66. The Morgan fingerprint density at radius 1 is 1.00 bits per heavy atom. The molecule has 0 radical (unpaired) electrons. The van der Waals surface area contributed by atoms with Gasteiger partial charge in [0.2, 0.25) is 10.0 Å². The maximum Gasteiger partial charge on any atom is 0.270 e. The zero-order valence-corrected chi connectivity index (χ0v) is 18.9. The van der Waals surface area contributed by atoms with Gasteiger partial charge in [0, 0.05) is 44.0 Å². The molecule has 33 heavy (non-hydrogen) atoms. The summed E-state index contributed by atoms with van der Waals surface area (Å²) < 4.78 is 32.8. The lowest BCUT2D eigenvalue weighted by atomic mass is 10.1. The zero-order chi connectivity index (χ0) is 23.4. The largest absolute Gasteiger partial charge is 0.378 e. The van der Waals surface area contributed by atoms with Crippen molar-refractivity contribution in [1.82, 2.24) is 4.31 Å². The number of anilines is 2. The monoisotopic (exact) mass is 474 g/mol. The van der Waals surface area contributed by atoms with Crippen molar-refractivity contribution in [2.24, 2.45) is 0 Å². The van der Waals surface area contributed by atoms with Crippen LogP contribution in [0.15, 0.2) is 47.4 Å². The summed E-state index contributed by atoms with van der Waals surface area (Å²) in [6.07, 6.45) is 2.66. The van der Waals surface area contributed by atoms with Crippen LogP contribution in [0.25, 0.3) is 0 Å². The SMILES string of the molecule is O=C(Nc1cccc(S(=O)(=O)N2CCCCC2)c1)c1cc([N+](=O)[O-])ccc1N1CCOCC1. The van der Waals surface area contributed by atoms with Crippen LogP contribution in [0.4, 0.5) is 17.1 Å². The number of morpholine rings is 1. The fraction of sp³-hybridized carbons (Fsp3) is 0.409. The van der Waals surface area contributed by atoms with E-state index >= 15 is 0 Å². The predicted molar refractivity (Wildman–Crippen MR) is 123 cm³/mol. The Balaban J connectivity index is 1.61. The Labute approximate surface area is 192 Å². The maximum absolute atomic E-state index is 13.2. The molecule has 2 fully saturated rings. The van der Waals surface area contributed by atoms with Crippen LogP contribution in [-0.2, 0) is 14.8 Å². The van der Waals surface area contributed by atoms with Crippen molar-refractivity contribution in [2.75, 3.05) is 49.6 Å². The third-order valence-corrected chi connectivity index (χ3v) is 7.73. The van der Waals surface area contributed by atoms with E-state index in [0.29, 0.717) is 50.8 Å². The fourth-order valence-electron chi connectivity index (χ4n) is 4.09. The Morgan fingerprint density at radius 3 is 2.42 bits per heavy atom. The van der Waals surface area contributed by atoms with Crippen molar-refractivity contribution in [2.45, 2.75) is 24.2 Å². The average molecular weight is 475 g/mol. The Morgan fingerprint density at radius 2 is 1.73 bits per heavy atom.